The van der Waals surface area contributed by atoms with E-state index in [1.54, 1.807) is 12.1 Å². The molecule has 1 aliphatic carbocycles. The zero-order chi connectivity index (χ0) is 28.6. The summed E-state index contributed by atoms with van der Waals surface area (Å²) in [6.07, 6.45) is 0.435. The number of piperidine rings is 1. The molecule has 4 atom stereocenters. The fourth-order valence-electron chi connectivity index (χ4n) is 7.25. The number of methoxy groups -OCH3 is 2. The van der Waals surface area contributed by atoms with Crippen LogP contribution in [0.4, 0.5) is 0 Å². The van der Waals surface area contributed by atoms with E-state index in [-0.39, 0.29) is 48.6 Å². The third-order valence-electron chi connectivity index (χ3n) is 8.87. The molecule has 0 aromatic heterocycles. The number of benzene rings is 2. The number of hydroxylamine groups is 2. The summed E-state index contributed by atoms with van der Waals surface area (Å²) >= 11 is 0. The van der Waals surface area contributed by atoms with Crippen LogP contribution < -0.4 is 18.9 Å². The van der Waals surface area contributed by atoms with Crippen molar-refractivity contribution in [2.24, 2.45) is 11.8 Å². The Hall–Kier alpha value is -3.21. The molecule has 3 heterocycles. The molecule has 0 saturated carbocycles. The Morgan fingerprint density at radius 3 is 2.05 bits per heavy atom. The summed E-state index contributed by atoms with van der Waals surface area (Å²) in [6.45, 7) is 8.08. The molecule has 215 valence electrons. The Kier molecular flexibility index (Phi) is 6.36. The van der Waals surface area contributed by atoms with Crippen LogP contribution in [0, 0.1) is 11.8 Å². The fourth-order valence-corrected chi connectivity index (χ4v) is 7.25. The molecule has 0 spiro atoms. The highest BCUT2D eigenvalue weighted by Gasteiger charge is 2.55. The maximum atomic E-state index is 13.4. The molecule has 6 rings (SSSR count). The second-order valence-electron chi connectivity index (χ2n) is 12.4. The summed E-state index contributed by atoms with van der Waals surface area (Å²) in [6, 6.07) is 7.33. The van der Waals surface area contributed by atoms with E-state index in [1.807, 2.05) is 39.8 Å². The molecule has 2 fully saturated rings. The van der Waals surface area contributed by atoms with Crippen molar-refractivity contribution >= 4 is 5.97 Å². The number of rotatable bonds is 5. The molecule has 10 nitrogen and oxygen atoms in total. The van der Waals surface area contributed by atoms with Gasteiger partial charge in [0.25, 0.3) is 0 Å². The molecule has 2 saturated heterocycles. The molecule has 0 unspecified atom stereocenters. The smallest absolute Gasteiger partial charge is 0.310 e. The minimum Gasteiger partial charge on any atom is -0.502 e. The molecule has 0 bridgehead atoms. The standard InChI is InChI=1S/C30H36NO9/c1-29(2)11-16(12-30(3,4)31(29)34)40-27-18-10-21-20(38-14-39-21)9-17(18)24(25-19(27)13-37-28(25)33)15-7-22(35-5)26(32)23(8-15)36-6/h7-10,16,19,24-25,27,32H,11-14H2,1-6H3/t19-,24+,25-,27+/m0/s1. The maximum Gasteiger partial charge on any atom is 0.310 e. The minimum atomic E-state index is -0.609. The van der Waals surface area contributed by atoms with Crippen LogP contribution in [0.15, 0.2) is 24.3 Å². The number of carbonyl (C=O) groups excluding carboxylic acids is 1. The highest BCUT2D eigenvalue weighted by molar-refractivity contribution is 5.79. The van der Waals surface area contributed by atoms with Crippen LogP contribution in [0.5, 0.6) is 28.7 Å². The largest absolute Gasteiger partial charge is 0.502 e. The van der Waals surface area contributed by atoms with Gasteiger partial charge >= 0.3 is 5.97 Å². The Balaban J connectivity index is 1.49. The van der Waals surface area contributed by atoms with E-state index < -0.39 is 29.0 Å². The van der Waals surface area contributed by atoms with Gasteiger partial charge in [0, 0.05) is 22.9 Å². The molecular weight excluding hydrogens is 518 g/mol. The van der Waals surface area contributed by atoms with Crippen molar-refractivity contribution in [1.82, 2.24) is 5.06 Å². The van der Waals surface area contributed by atoms with Gasteiger partial charge in [0.2, 0.25) is 12.5 Å². The lowest BCUT2D eigenvalue weighted by atomic mass is 9.66. The molecule has 0 amide bonds. The van der Waals surface area contributed by atoms with Crippen molar-refractivity contribution in [2.45, 2.75) is 69.7 Å². The van der Waals surface area contributed by atoms with Crippen molar-refractivity contribution in [3.05, 3.63) is 41.0 Å². The first-order valence-electron chi connectivity index (χ1n) is 13.6. The highest BCUT2D eigenvalue weighted by atomic mass is 16.7. The number of phenols is 1. The molecule has 10 heteroatoms. The van der Waals surface area contributed by atoms with E-state index in [0.29, 0.717) is 24.3 Å². The van der Waals surface area contributed by atoms with Gasteiger partial charge in [-0.3, -0.25) is 4.79 Å². The average molecular weight is 555 g/mol. The SMILES string of the molecule is COc1cc([C@@H]2c3cc4c(cc3[C@@H](OC3CC(C)(C)N([O])C(C)(C)C3)[C@H]3COC(=O)[C@H]23)OCO4)cc(OC)c1O. The van der Waals surface area contributed by atoms with Crippen molar-refractivity contribution in [3.63, 3.8) is 0 Å². The lowest BCUT2D eigenvalue weighted by molar-refractivity contribution is -0.304. The van der Waals surface area contributed by atoms with Crippen LogP contribution in [0.1, 0.15) is 69.2 Å². The van der Waals surface area contributed by atoms with Gasteiger partial charge in [-0.2, -0.15) is 0 Å². The van der Waals surface area contributed by atoms with Crippen molar-refractivity contribution < 1.29 is 43.5 Å². The minimum absolute atomic E-state index is 0.106. The number of aromatic hydroxyl groups is 1. The van der Waals surface area contributed by atoms with Crippen LogP contribution in [-0.4, -0.2) is 60.9 Å². The predicted octanol–water partition coefficient (Wildman–Crippen LogP) is 4.50. The van der Waals surface area contributed by atoms with Gasteiger partial charge in [0.1, 0.15) is 0 Å². The van der Waals surface area contributed by atoms with Gasteiger partial charge in [-0.15, -0.1) is 10.3 Å². The van der Waals surface area contributed by atoms with Gasteiger partial charge in [-0.05, 0) is 81.5 Å². The van der Waals surface area contributed by atoms with E-state index in [2.05, 4.69) is 0 Å². The van der Waals surface area contributed by atoms with E-state index in [0.717, 1.165) is 16.7 Å². The summed E-state index contributed by atoms with van der Waals surface area (Å²) < 4.78 is 35.0. The number of hydrogen-bond donors (Lipinski definition) is 1. The molecule has 1 radical (unpaired) electrons. The van der Waals surface area contributed by atoms with Crippen LogP contribution in [0.3, 0.4) is 0 Å². The molecule has 1 N–H and O–H groups in total. The molecule has 4 aliphatic rings. The number of phenolic OH excluding ortho intramolecular Hbond substituents is 1. The Labute approximate surface area is 233 Å². The first-order valence-corrected chi connectivity index (χ1v) is 13.6. The molecule has 2 aromatic carbocycles. The number of nitrogens with zero attached hydrogens (tertiary/aromatic N) is 1. The third kappa shape index (κ3) is 4.15. The van der Waals surface area contributed by atoms with Gasteiger partial charge in [-0.25, -0.2) is 0 Å². The van der Waals surface area contributed by atoms with Crippen molar-refractivity contribution in [3.8, 4) is 28.7 Å². The fraction of sp³-hybridized carbons (Fsp3) is 0.567. The second kappa shape index (κ2) is 9.43. The van der Waals surface area contributed by atoms with E-state index in [9.17, 15) is 15.1 Å². The number of fused-ring (bicyclic) bond motifs is 3. The van der Waals surface area contributed by atoms with Gasteiger partial charge in [0.05, 0.1) is 39.0 Å². The highest BCUT2D eigenvalue weighted by Crippen LogP contribution is 2.57. The van der Waals surface area contributed by atoms with Gasteiger partial charge in [0.15, 0.2) is 23.0 Å². The Bertz CT molecular complexity index is 1300. The summed E-state index contributed by atoms with van der Waals surface area (Å²) in [4.78, 5) is 13.4. The first-order chi connectivity index (χ1) is 18.9. The Morgan fingerprint density at radius 1 is 0.900 bits per heavy atom. The monoisotopic (exact) mass is 554 g/mol. The normalized spacial score (nSPS) is 28.5. The van der Waals surface area contributed by atoms with Crippen LogP contribution >= 0.6 is 0 Å². The lowest BCUT2D eigenvalue weighted by Crippen LogP contribution is -2.60. The molecule has 40 heavy (non-hydrogen) atoms. The second-order valence-corrected chi connectivity index (χ2v) is 12.4. The summed E-state index contributed by atoms with van der Waals surface area (Å²) in [5.41, 5.74) is 1.26. The molecule has 2 aromatic rings. The summed E-state index contributed by atoms with van der Waals surface area (Å²) in [7, 11) is 2.94. The average Bonchev–Trinajstić information content (AvgIpc) is 3.52. The first kappa shape index (κ1) is 27.0. The van der Waals surface area contributed by atoms with E-state index >= 15 is 0 Å². The Morgan fingerprint density at radius 2 is 1.48 bits per heavy atom. The lowest BCUT2D eigenvalue weighted by Gasteiger charge is -2.51. The topological polar surface area (TPSA) is 116 Å². The quantitative estimate of drug-likeness (QED) is 0.534. The predicted molar refractivity (Wildman–Crippen MR) is 141 cm³/mol. The van der Waals surface area contributed by atoms with Crippen molar-refractivity contribution in [2.75, 3.05) is 27.6 Å². The maximum absolute atomic E-state index is 13.4. The van der Waals surface area contributed by atoms with Gasteiger partial charge in [-0.1, -0.05) is 0 Å². The number of ether oxygens (including phenoxy) is 6. The number of esters is 1. The number of cyclic esters (lactones) is 1. The molecular formula is C30H36NO9. The van der Waals surface area contributed by atoms with Crippen LogP contribution in [0.25, 0.3) is 0 Å². The third-order valence-corrected chi connectivity index (χ3v) is 8.87. The summed E-state index contributed by atoms with van der Waals surface area (Å²) in [5.74, 6) is -0.0180. The zero-order valence-corrected chi connectivity index (χ0v) is 23.7. The number of carbonyl (C=O) groups is 1. The van der Waals surface area contributed by atoms with Gasteiger partial charge < -0.3 is 33.5 Å². The van der Waals surface area contributed by atoms with E-state index in [4.69, 9.17) is 28.4 Å². The zero-order valence-electron chi connectivity index (χ0n) is 23.7. The number of hydrogen-bond acceptors (Lipinski definition) is 9. The van der Waals surface area contributed by atoms with E-state index in [1.165, 1.54) is 19.3 Å². The molecule has 3 aliphatic heterocycles. The van der Waals surface area contributed by atoms with Crippen LogP contribution in [0.2, 0.25) is 0 Å². The summed E-state index contributed by atoms with van der Waals surface area (Å²) in [5, 5.41) is 24.8. The van der Waals surface area contributed by atoms with Crippen molar-refractivity contribution in [1.29, 1.82) is 0 Å². The van der Waals surface area contributed by atoms with Crippen LogP contribution in [-0.2, 0) is 19.5 Å².